The van der Waals surface area contributed by atoms with Crippen molar-refractivity contribution in [1.82, 2.24) is 33.8 Å². The monoisotopic (exact) mass is 627 g/mol. The van der Waals surface area contributed by atoms with Crippen molar-refractivity contribution in [2.45, 2.75) is 13.1 Å². The molecule has 0 radical (unpaired) electrons. The first-order valence-corrected chi connectivity index (χ1v) is 14.9. The number of pyridine rings is 1. The summed E-state index contributed by atoms with van der Waals surface area (Å²) >= 11 is 1.23. The van der Waals surface area contributed by atoms with Gasteiger partial charge in [-0.3, -0.25) is 14.2 Å². The Labute approximate surface area is 260 Å². The highest BCUT2D eigenvalue weighted by Gasteiger charge is 2.29. The van der Waals surface area contributed by atoms with Gasteiger partial charge in [-0.1, -0.05) is 18.7 Å². The molecule has 45 heavy (non-hydrogen) atoms. The molecule has 13 heteroatoms. The summed E-state index contributed by atoms with van der Waals surface area (Å²) in [4.78, 5) is 19.2. The Kier molecular flexibility index (Phi) is 7.34. The van der Waals surface area contributed by atoms with Gasteiger partial charge in [-0.2, -0.15) is 14.6 Å². The van der Waals surface area contributed by atoms with Crippen LogP contribution in [0, 0.1) is 11.6 Å². The lowest BCUT2D eigenvalue weighted by molar-refractivity contribution is -0.127. The van der Waals surface area contributed by atoms with Gasteiger partial charge in [0.05, 0.1) is 46.9 Å². The molecule has 4 aromatic heterocycles. The maximum atomic E-state index is 16.0. The molecule has 0 saturated heterocycles. The number of amides is 1. The number of carbonyl (C=O) groups excluding carboxylic acids is 1. The van der Waals surface area contributed by atoms with Crippen LogP contribution in [-0.4, -0.2) is 66.6 Å². The molecule has 10 nitrogen and oxygen atoms in total. The number of rotatable bonds is 8. The minimum absolute atomic E-state index is 0.00878. The number of fused-ring (bicyclic) bond motifs is 3. The fraction of sp³-hybridized carbons (Fsp3) is 0.219. The van der Waals surface area contributed by atoms with E-state index < -0.39 is 11.6 Å². The van der Waals surface area contributed by atoms with Crippen LogP contribution in [0.5, 0.6) is 5.75 Å². The molecule has 1 aliphatic rings. The number of benzene rings is 2. The Morgan fingerprint density at radius 3 is 2.78 bits per heavy atom. The lowest BCUT2D eigenvalue weighted by Crippen LogP contribution is -2.37. The van der Waals surface area contributed by atoms with Gasteiger partial charge in [0.15, 0.2) is 0 Å². The molecule has 0 fully saturated rings. The maximum Gasteiger partial charge on any atom is 0.246 e. The number of hydrogen-bond donors (Lipinski definition) is 0. The van der Waals surface area contributed by atoms with Crippen molar-refractivity contribution in [1.29, 1.82) is 0 Å². The van der Waals surface area contributed by atoms with Gasteiger partial charge >= 0.3 is 0 Å². The van der Waals surface area contributed by atoms with E-state index in [9.17, 15) is 9.18 Å². The molecular formula is C32H27F2N7O3S. The van der Waals surface area contributed by atoms with Crippen molar-refractivity contribution in [3.63, 3.8) is 0 Å². The van der Waals surface area contributed by atoms with E-state index in [1.165, 1.54) is 24.7 Å². The first-order chi connectivity index (χ1) is 21.8. The second kappa shape index (κ2) is 11.5. The smallest absolute Gasteiger partial charge is 0.246 e. The Morgan fingerprint density at radius 2 is 1.96 bits per heavy atom. The Morgan fingerprint density at radius 1 is 1.09 bits per heavy atom. The second-order valence-electron chi connectivity index (χ2n) is 10.6. The highest BCUT2D eigenvalue weighted by Crippen LogP contribution is 2.46. The Bertz CT molecular complexity index is 2120. The molecule has 0 bridgehead atoms. The second-order valence-corrected chi connectivity index (χ2v) is 11.4. The molecule has 1 aliphatic heterocycles. The summed E-state index contributed by atoms with van der Waals surface area (Å²) in [6, 6.07) is 9.72. The van der Waals surface area contributed by atoms with Crippen molar-refractivity contribution in [3.05, 3.63) is 78.8 Å². The molecule has 0 N–H and O–H groups in total. The molecule has 6 aromatic rings. The number of methoxy groups -OCH3 is 1. The summed E-state index contributed by atoms with van der Waals surface area (Å²) in [7, 11) is 3.38. The van der Waals surface area contributed by atoms with E-state index >= 15 is 4.39 Å². The van der Waals surface area contributed by atoms with E-state index in [-0.39, 0.29) is 30.4 Å². The summed E-state index contributed by atoms with van der Waals surface area (Å²) in [5, 5.41) is 11.0. The molecule has 2 aromatic carbocycles. The zero-order chi connectivity index (χ0) is 31.2. The largest absolute Gasteiger partial charge is 0.490 e. The number of ether oxygens (including phenoxy) is 2. The van der Waals surface area contributed by atoms with E-state index in [4.69, 9.17) is 19.6 Å². The average molecular weight is 628 g/mol. The van der Waals surface area contributed by atoms with Crippen LogP contribution in [0.15, 0.2) is 61.4 Å². The SMILES string of the molecule is C=CC(=O)N1CCn2nc(-c3nc(-c4ccc5cn(C)nc5c4)c4sncc4c3-c3c(F)cc(F)cc3OCCOC)cc2C1. The number of aryl methyl sites for hydroxylation is 1. The van der Waals surface area contributed by atoms with E-state index in [2.05, 4.69) is 16.1 Å². The summed E-state index contributed by atoms with van der Waals surface area (Å²) in [6.45, 7) is 5.16. The molecule has 228 valence electrons. The number of halogens is 2. The quantitative estimate of drug-likeness (QED) is 0.160. The number of carbonyl (C=O) groups is 1. The summed E-state index contributed by atoms with van der Waals surface area (Å²) in [5.74, 6) is -1.75. The molecule has 1 amide bonds. The lowest BCUT2D eigenvalue weighted by Gasteiger charge is -2.26. The summed E-state index contributed by atoms with van der Waals surface area (Å²) in [6.07, 6.45) is 4.88. The van der Waals surface area contributed by atoms with E-state index in [1.807, 2.05) is 42.2 Å². The average Bonchev–Trinajstić information content (AvgIpc) is 3.77. The van der Waals surface area contributed by atoms with Crippen molar-refractivity contribution in [2.24, 2.45) is 7.05 Å². The first-order valence-electron chi connectivity index (χ1n) is 14.2. The van der Waals surface area contributed by atoms with Gasteiger partial charge in [0.25, 0.3) is 0 Å². The van der Waals surface area contributed by atoms with Crippen LogP contribution in [0.1, 0.15) is 5.69 Å². The molecule has 0 aliphatic carbocycles. The van der Waals surface area contributed by atoms with Crippen molar-refractivity contribution < 1.29 is 23.0 Å². The predicted octanol–water partition coefficient (Wildman–Crippen LogP) is 5.61. The third-order valence-corrected chi connectivity index (χ3v) is 8.56. The van der Waals surface area contributed by atoms with Crippen LogP contribution in [-0.2, 0) is 29.7 Å². The fourth-order valence-electron chi connectivity index (χ4n) is 5.70. The third-order valence-electron chi connectivity index (χ3n) is 7.75. The van der Waals surface area contributed by atoms with Crippen LogP contribution in [0.2, 0.25) is 0 Å². The maximum absolute atomic E-state index is 16.0. The van der Waals surface area contributed by atoms with E-state index in [0.29, 0.717) is 52.4 Å². The van der Waals surface area contributed by atoms with Crippen molar-refractivity contribution in [2.75, 3.05) is 26.9 Å². The zero-order valence-electron chi connectivity index (χ0n) is 24.5. The van der Waals surface area contributed by atoms with Crippen LogP contribution in [0.3, 0.4) is 0 Å². The summed E-state index contributed by atoms with van der Waals surface area (Å²) < 4.78 is 50.3. The van der Waals surface area contributed by atoms with Crippen molar-refractivity contribution in [3.8, 4) is 39.5 Å². The van der Waals surface area contributed by atoms with Gasteiger partial charge in [0, 0.05) is 67.1 Å². The number of nitrogens with zero attached hydrogens (tertiary/aromatic N) is 7. The highest BCUT2D eigenvalue weighted by molar-refractivity contribution is 7.14. The number of hydrogen-bond acceptors (Lipinski definition) is 8. The Balaban J connectivity index is 1.49. The molecular weight excluding hydrogens is 600 g/mol. The van der Waals surface area contributed by atoms with Crippen LogP contribution in [0.25, 0.3) is 54.8 Å². The fourth-order valence-corrected chi connectivity index (χ4v) is 6.46. The normalized spacial score (nSPS) is 13.0. The van der Waals surface area contributed by atoms with Gasteiger partial charge in [-0.05, 0) is 29.7 Å². The molecule has 0 unspecified atom stereocenters. The van der Waals surface area contributed by atoms with E-state index in [1.54, 1.807) is 15.8 Å². The lowest BCUT2D eigenvalue weighted by atomic mass is 9.95. The minimum atomic E-state index is -0.813. The van der Waals surface area contributed by atoms with Crippen LogP contribution in [0.4, 0.5) is 8.78 Å². The third kappa shape index (κ3) is 5.13. The molecule has 0 spiro atoms. The minimum Gasteiger partial charge on any atom is -0.490 e. The van der Waals surface area contributed by atoms with Crippen LogP contribution < -0.4 is 4.74 Å². The predicted molar refractivity (Wildman–Crippen MR) is 167 cm³/mol. The van der Waals surface area contributed by atoms with Gasteiger partial charge in [0.2, 0.25) is 5.91 Å². The van der Waals surface area contributed by atoms with Crippen LogP contribution >= 0.6 is 11.5 Å². The first kappa shape index (κ1) is 28.7. The van der Waals surface area contributed by atoms with Crippen molar-refractivity contribution >= 4 is 38.4 Å². The topological polar surface area (TPSA) is 100 Å². The van der Waals surface area contributed by atoms with Gasteiger partial charge in [-0.15, -0.1) is 0 Å². The zero-order valence-corrected chi connectivity index (χ0v) is 25.3. The molecule has 0 atom stereocenters. The standard InChI is InChI=1S/C32H27F2N7O3S/c1-4-27(42)40-7-8-41-21(17-40)14-25(38-41)31-28(29-23(34)12-20(33)13-26(29)44-10-9-43-3)22-15-35-45-32(22)30(36-31)18-5-6-19-16-39(2)37-24(19)11-18/h4-6,11-16H,1,7-10,17H2,2-3H3. The molecule has 0 saturated carbocycles. The van der Waals surface area contributed by atoms with Gasteiger partial charge in [-0.25, -0.2) is 13.8 Å². The summed E-state index contributed by atoms with van der Waals surface area (Å²) in [5.41, 5.74) is 4.25. The van der Waals surface area contributed by atoms with E-state index in [0.717, 1.165) is 34.3 Å². The molecule has 5 heterocycles. The Hall–Kier alpha value is -5.01. The molecule has 7 rings (SSSR count). The number of aromatic nitrogens is 6. The van der Waals surface area contributed by atoms with Gasteiger partial charge in [0.1, 0.15) is 35.4 Å². The van der Waals surface area contributed by atoms with Gasteiger partial charge < -0.3 is 14.4 Å². The highest BCUT2D eigenvalue weighted by atomic mass is 32.1.